The molecule has 0 radical (unpaired) electrons. The number of hydrogen-bond donors (Lipinski definition) is 1. The quantitative estimate of drug-likeness (QED) is 0.258. The van der Waals surface area contributed by atoms with Crippen LogP contribution in [0, 0.1) is 0 Å². The number of ketones is 1. The van der Waals surface area contributed by atoms with Gasteiger partial charge in [0.25, 0.3) is 11.7 Å². The highest BCUT2D eigenvalue weighted by molar-refractivity contribution is 6.46. The van der Waals surface area contributed by atoms with E-state index >= 15 is 0 Å². The molecule has 182 valence electrons. The van der Waals surface area contributed by atoms with Crippen LogP contribution in [0.3, 0.4) is 0 Å². The Morgan fingerprint density at radius 2 is 1.71 bits per heavy atom. The number of rotatable bonds is 6. The lowest BCUT2D eigenvalue weighted by atomic mass is 9.84. The smallest absolute Gasteiger partial charge is 0.295 e. The molecule has 0 aromatic heterocycles. The summed E-state index contributed by atoms with van der Waals surface area (Å²) in [5.74, 6) is -0.643. The van der Waals surface area contributed by atoms with Crippen LogP contribution in [0.5, 0.6) is 5.75 Å². The number of benzene rings is 3. The van der Waals surface area contributed by atoms with E-state index in [2.05, 4.69) is 20.8 Å². The van der Waals surface area contributed by atoms with Crippen molar-refractivity contribution in [2.45, 2.75) is 52.5 Å². The van der Waals surface area contributed by atoms with Crippen LogP contribution >= 0.6 is 0 Å². The Morgan fingerprint density at radius 1 is 1.00 bits per heavy atom. The van der Waals surface area contributed by atoms with Gasteiger partial charge in [-0.3, -0.25) is 9.59 Å². The van der Waals surface area contributed by atoms with Crippen molar-refractivity contribution in [3.05, 3.63) is 82.9 Å². The monoisotopic (exact) mass is 471 g/mol. The minimum atomic E-state index is -0.661. The first kappa shape index (κ1) is 24.5. The molecular weight excluding hydrogens is 438 g/mol. The number of carbonyl (C=O) groups excluding carboxylic acids is 2. The average molecular weight is 472 g/mol. The summed E-state index contributed by atoms with van der Waals surface area (Å²) >= 11 is 0. The lowest BCUT2D eigenvalue weighted by molar-refractivity contribution is -0.139. The molecule has 0 spiro atoms. The number of Topliss-reactive ketones (excluding diaryl/α,β-unsaturated/α-hetero) is 1. The molecule has 5 nitrogen and oxygen atoms in total. The number of likely N-dealkylation sites (tertiary alicyclic amines) is 1. The van der Waals surface area contributed by atoms with Crippen LogP contribution < -0.4 is 4.74 Å². The number of nitrogens with zero attached hydrogens (tertiary/aromatic N) is 1. The second kappa shape index (κ2) is 9.57. The predicted molar refractivity (Wildman–Crippen MR) is 140 cm³/mol. The van der Waals surface area contributed by atoms with Crippen molar-refractivity contribution < 1.29 is 19.4 Å². The first-order valence-electron chi connectivity index (χ1n) is 12.2. The maximum absolute atomic E-state index is 13.3. The van der Waals surface area contributed by atoms with Crippen LogP contribution in [0.1, 0.15) is 63.8 Å². The number of aliphatic hydroxyl groups is 1. The largest absolute Gasteiger partial charge is 0.507 e. The zero-order chi connectivity index (χ0) is 25.3. The van der Waals surface area contributed by atoms with Gasteiger partial charge in [0.15, 0.2) is 0 Å². The Balaban J connectivity index is 1.96. The molecule has 35 heavy (non-hydrogen) atoms. The van der Waals surface area contributed by atoms with Gasteiger partial charge in [-0.1, -0.05) is 70.2 Å². The molecule has 1 heterocycles. The second-order valence-corrected chi connectivity index (χ2v) is 9.95. The molecule has 1 aliphatic rings. The maximum atomic E-state index is 13.3. The summed E-state index contributed by atoms with van der Waals surface area (Å²) in [5.41, 5.74) is 2.14. The summed E-state index contributed by atoms with van der Waals surface area (Å²) in [6, 6.07) is 18.6. The Labute approximate surface area is 207 Å². The van der Waals surface area contributed by atoms with E-state index in [1.165, 1.54) is 0 Å². The molecule has 3 aromatic carbocycles. The van der Waals surface area contributed by atoms with Gasteiger partial charge < -0.3 is 14.7 Å². The van der Waals surface area contributed by atoms with Gasteiger partial charge in [0.2, 0.25) is 0 Å². The molecular formula is C30H33NO4. The fraction of sp³-hybridized carbons (Fsp3) is 0.333. The van der Waals surface area contributed by atoms with Crippen LogP contribution in [0.2, 0.25) is 0 Å². The SMILES string of the molecule is CCCN1C(=O)C(=O)/C(=C(/O)c2ccc(OCC)c(C(C)(C)C)c2)C1c1cccc2ccccc12. The summed E-state index contributed by atoms with van der Waals surface area (Å²) in [4.78, 5) is 28.1. The van der Waals surface area contributed by atoms with Gasteiger partial charge in [0.1, 0.15) is 11.5 Å². The first-order valence-corrected chi connectivity index (χ1v) is 12.2. The third kappa shape index (κ3) is 4.43. The van der Waals surface area contributed by atoms with E-state index in [1.807, 2.05) is 68.4 Å². The molecule has 1 aliphatic heterocycles. The molecule has 0 aliphatic carbocycles. The predicted octanol–water partition coefficient (Wildman–Crippen LogP) is 6.37. The molecule has 1 atom stereocenters. The average Bonchev–Trinajstić information content (AvgIpc) is 3.08. The van der Waals surface area contributed by atoms with Gasteiger partial charge in [-0.2, -0.15) is 0 Å². The zero-order valence-electron chi connectivity index (χ0n) is 21.1. The van der Waals surface area contributed by atoms with E-state index in [1.54, 1.807) is 11.0 Å². The van der Waals surface area contributed by atoms with Gasteiger partial charge in [0, 0.05) is 17.7 Å². The van der Waals surface area contributed by atoms with Crippen LogP contribution in [-0.2, 0) is 15.0 Å². The normalized spacial score (nSPS) is 17.9. The Kier molecular flexibility index (Phi) is 6.70. The molecule has 4 rings (SSSR count). The lowest BCUT2D eigenvalue weighted by Crippen LogP contribution is -2.30. The van der Waals surface area contributed by atoms with Crippen LogP contribution in [0.25, 0.3) is 16.5 Å². The van der Waals surface area contributed by atoms with Crippen LogP contribution in [0.15, 0.2) is 66.2 Å². The zero-order valence-corrected chi connectivity index (χ0v) is 21.1. The minimum Gasteiger partial charge on any atom is -0.507 e. The van der Waals surface area contributed by atoms with Gasteiger partial charge in [-0.05, 0) is 53.3 Å². The summed E-state index contributed by atoms with van der Waals surface area (Å²) in [7, 11) is 0. The van der Waals surface area contributed by atoms with Gasteiger partial charge in [-0.25, -0.2) is 0 Å². The molecule has 1 unspecified atom stereocenters. The van der Waals surface area contributed by atoms with E-state index < -0.39 is 17.7 Å². The lowest BCUT2D eigenvalue weighted by Gasteiger charge is -2.26. The molecule has 1 amide bonds. The number of carbonyl (C=O) groups is 2. The maximum Gasteiger partial charge on any atom is 0.295 e. The highest BCUT2D eigenvalue weighted by atomic mass is 16.5. The Hall–Kier alpha value is -3.60. The second-order valence-electron chi connectivity index (χ2n) is 9.95. The van der Waals surface area contributed by atoms with E-state index in [-0.39, 0.29) is 16.7 Å². The fourth-order valence-corrected chi connectivity index (χ4v) is 4.86. The van der Waals surface area contributed by atoms with Crippen molar-refractivity contribution in [2.75, 3.05) is 13.2 Å². The number of amides is 1. The Bertz CT molecular complexity index is 1310. The van der Waals surface area contributed by atoms with Crippen molar-refractivity contribution in [1.29, 1.82) is 0 Å². The van der Waals surface area contributed by atoms with Crippen molar-refractivity contribution >= 4 is 28.2 Å². The third-order valence-electron chi connectivity index (χ3n) is 6.48. The van der Waals surface area contributed by atoms with E-state index in [0.29, 0.717) is 25.1 Å². The highest BCUT2D eigenvalue weighted by Crippen LogP contribution is 2.43. The van der Waals surface area contributed by atoms with E-state index in [4.69, 9.17) is 4.74 Å². The molecule has 1 saturated heterocycles. The van der Waals surface area contributed by atoms with E-state index in [0.717, 1.165) is 27.6 Å². The fourth-order valence-electron chi connectivity index (χ4n) is 4.86. The molecule has 3 aromatic rings. The molecule has 5 heteroatoms. The van der Waals surface area contributed by atoms with Crippen molar-refractivity contribution in [3.63, 3.8) is 0 Å². The van der Waals surface area contributed by atoms with Crippen LogP contribution in [0.4, 0.5) is 0 Å². The van der Waals surface area contributed by atoms with Gasteiger partial charge in [0.05, 0.1) is 18.2 Å². The van der Waals surface area contributed by atoms with Gasteiger partial charge in [-0.15, -0.1) is 0 Å². The summed E-state index contributed by atoms with van der Waals surface area (Å²) in [6.45, 7) is 11.1. The number of fused-ring (bicyclic) bond motifs is 1. The van der Waals surface area contributed by atoms with Gasteiger partial charge >= 0.3 is 0 Å². The molecule has 0 bridgehead atoms. The van der Waals surface area contributed by atoms with E-state index in [9.17, 15) is 14.7 Å². The van der Waals surface area contributed by atoms with Crippen molar-refractivity contribution in [1.82, 2.24) is 4.90 Å². The Morgan fingerprint density at radius 3 is 2.40 bits per heavy atom. The standard InChI is InChI=1S/C30H33NO4/c1-6-17-31-26(22-14-10-12-19-11-8-9-13-21(19)22)25(28(33)29(31)34)27(32)20-15-16-24(35-7-2)23(18-20)30(3,4)5/h8-16,18,26,32H,6-7,17H2,1-5H3/b27-25+. The molecule has 1 N–H and O–H groups in total. The minimum absolute atomic E-state index is 0.129. The van der Waals surface area contributed by atoms with Crippen molar-refractivity contribution in [3.8, 4) is 5.75 Å². The number of hydrogen-bond acceptors (Lipinski definition) is 4. The first-order chi connectivity index (χ1) is 16.7. The van der Waals surface area contributed by atoms with Crippen molar-refractivity contribution in [2.24, 2.45) is 0 Å². The summed E-state index contributed by atoms with van der Waals surface area (Å²) in [5, 5.41) is 13.5. The topological polar surface area (TPSA) is 66.8 Å². The number of ether oxygens (including phenoxy) is 1. The number of aliphatic hydroxyl groups excluding tert-OH is 1. The summed E-state index contributed by atoms with van der Waals surface area (Å²) < 4.78 is 5.82. The third-order valence-corrected chi connectivity index (χ3v) is 6.48. The van der Waals surface area contributed by atoms with Crippen LogP contribution in [-0.4, -0.2) is 34.8 Å². The highest BCUT2D eigenvalue weighted by Gasteiger charge is 2.46. The molecule has 1 fully saturated rings. The summed E-state index contributed by atoms with van der Waals surface area (Å²) in [6.07, 6.45) is 0.700. The molecule has 0 saturated carbocycles.